The molecule has 0 bridgehead atoms. The molecule has 20 heavy (non-hydrogen) atoms. The second-order valence-corrected chi connectivity index (χ2v) is 4.53. The Morgan fingerprint density at radius 3 is 3.00 bits per heavy atom. The number of aliphatic carboxylic acids is 1. The van der Waals surface area contributed by atoms with Gasteiger partial charge in [-0.05, 0) is 0 Å². The van der Waals surface area contributed by atoms with E-state index in [1.54, 1.807) is 6.20 Å². The zero-order valence-corrected chi connectivity index (χ0v) is 10.9. The molecule has 1 unspecified atom stereocenters. The molecule has 0 aliphatic carbocycles. The van der Waals surface area contributed by atoms with Crippen LogP contribution in [0.3, 0.4) is 0 Å². The van der Waals surface area contributed by atoms with Crippen LogP contribution in [-0.2, 0) is 27.4 Å². The molecule has 3 N–H and O–H groups in total. The first-order valence-electron chi connectivity index (χ1n) is 6.28. The van der Waals surface area contributed by atoms with Gasteiger partial charge in [0.15, 0.2) is 0 Å². The Labute approximate surface area is 115 Å². The lowest BCUT2D eigenvalue weighted by Gasteiger charge is -2.34. The Morgan fingerprint density at radius 2 is 2.35 bits per heavy atom. The van der Waals surface area contributed by atoms with Gasteiger partial charge in [-0.15, -0.1) is 5.10 Å². The van der Waals surface area contributed by atoms with Crippen molar-refractivity contribution in [2.75, 3.05) is 19.8 Å². The molecule has 1 aromatic heterocycles. The number of amides is 1. The lowest BCUT2D eigenvalue weighted by molar-refractivity contribution is -0.146. The van der Waals surface area contributed by atoms with Gasteiger partial charge in [0.1, 0.15) is 6.54 Å². The smallest absolute Gasteiger partial charge is 0.305 e. The number of ether oxygens (including phenoxy) is 1. The van der Waals surface area contributed by atoms with Crippen molar-refractivity contribution in [3.63, 3.8) is 0 Å². The lowest BCUT2D eigenvalue weighted by Crippen LogP contribution is -2.50. The average molecular weight is 283 g/mol. The summed E-state index contributed by atoms with van der Waals surface area (Å²) in [6.07, 6.45) is 1.47. The van der Waals surface area contributed by atoms with Gasteiger partial charge in [0, 0.05) is 13.1 Å². The maximum atomic E-state index is 12.2. The van der Waals surface area contributed by atoms with E-state index in [1.807, 2.05) is 0 Å². The van der Waals surface area contributed by atoms with Gasteiger partial charge in [0.2, 0.25) is 5.91 Å². The number of nitrogens with two attached hydrogens (primary N) is 1. The van der Waals surface area contributed by atoms with Crippen molar-refractivity contribution in [2.24, 2.45) is 5.73 Å². The fraction of sp³-hybridized carbons (Fsp3) is 0.636. The van der Waals surface area contributed by atoms with E-state index in [0.717, 1.165) is 0 Å². The van der Waals surface area contributed by atoms with E-state index in [-0.39, 0.29) is 32.0 Å². The van der Waals surface area contributed by atoms with Crippen molar-refractivity contribution in [2.45, 2.75) is 25.6 Å². The fourth-order valence-electron chi connectivity index (χ4n) is 2.09. The number of rotatable bonds is 5. The molecule has 9 nitrogen and oxygen atoms in total. The number of carboxylic acid groups (broad SMARTS) is 1. The molecule has 1 saturated heterocycles. The third-order valence-corrected chi connectivity index (χ3v) is 3.05. The number of aromatic nitrogens is 3. The number of carboxylic acids is 1. The maximum Gasteiger partial charge on any atom is 0.305 e. The van der Waals surface area contributed by atoms with Crippen LogP contribution in [0.1, 0.15) is 12.1 Å². The zero-order chi connectivity index (χ0) is 14.5. The van der Waals surface area contributed by atoms with Crippen molar-refractivity contribution in [3.8, 4) is 0 Å². The minimum Gasteiger partial charge on any atom is -0.481 e. The summed E-state index contributed by atoms with van der Waals surface area (Å²) in [5.41, 5.74) is 6.02. The predicted molar refractivity (Wildman–Crippen MR) is 66.5 cm³/mol. The van der Waals surface area contributed by atoms with Gasteiger partial charge in [-0.2, -0.15) is 0 Å². The molecule has 1 fully saturated rings. The number of morpholine rings is 1. The number of carbonyl (C=O) groups excluding carboxylic acids is 1. The number of hydrogen-bond donors (Lipinski definition) is 2. The van der Waals surface area contributed by atoms with Crippen LogP contribution in [0.15, 0.2) is 6.20 Å². The summed E-state index contributed by atoms with van der Waals surface area (Å²) in [6.45, 7) is 1.31. The second kappa shape index (κ2) is 6.44. The van der Waals surface area contributed by atoms with Crippen molar-refractivity contribution in [1.82, 2.24) is 19.9 Å². The predicted octanol–water partition coefficient (Wildman–Crippen LogP) is -1.56. The summed E-state index contributed by atoms with van der Waals surface area (Å²) in [5.74, 6) is -1.16. The molecule has 1 aromatic rings. The summed E-state index contributed by atoms with van der Waals surface area (Å²) in [6, 6.07) is -0.439. The standard InChI is InChI=1S/C11H17N5O4/c12-4-8-5-15(14-13-8)6-10(17)16-1-2-20-7-9(16)3-11(18)19/h5,9H,1-4,6-7,12H2,(H,18,19). The Morgan fingerprint density at radius 1 is 1.55 bits per heavy atom. The Bertz CT molecular complexity index is 489. The molecule has 1 amide bonds. The highest BCUT2D eigenvalue weighted by molar-refractivity contribution is 5.77. The van der Waals surface area contributed by atoms with Crippen LogP contribution in [0.25, 0.3) is 0 Å². The van der Waals surface area contributed by atoms with Crippen LogP contribution >= 0.6 is 0 Å². The molecule has 2 heterocycles. The Balaban J connectivity index is 1.99. The van der Waals surface area contributed by atoms with E-state index in [4.69, 9.17) is 15.6 Å². The molecular formula is C11H17N5O4. The first-order valence-corrected chi connectivity index (χ1v) is 6.28. The van der Waals surface area contributed by atoms with Crippen molar-refractivity contribution in [1.29, 1.82) is 0 Å². The summed E-state index contributed by atoms with van der Waals surface area (Å²) in [7, 11) is 0. The normalized spacial score (nSPS) is 19.1. The monoisotopic (exact) mass is 283 g/mol. The summed E-state index contributed by atoms with van der Waals surface area (Å²) < 4.78 is 6.63. The molecule has 0 radical (unpaired) electrons. The van der Waals surface area contributed by atoms with E-state index >= 15 is 0 Å². The maximum absolute atomic E-state index is 12.2. The van der Waals surface area contributed by atoms with E-state index in [2.05, 4.69) is 10.3 Å². The van der Waals surface area contributed by atoms with Gasteiger partial charge in [0.05, 0.1) is 37.6 Å². The zero-order valence-electron chi connectivity index (χ0n) is 10.9. The minimum absolute atomic E-state index is 0.0170. The SMILES string of the molecule is NCc1cn(CC(=O)N2CCOCC2CC(=O)O)nn1. The summed E-state index contributed by atoms with van der Waals surface area (Å²) >= 11 is 0. The first-order chi connectivity index (χ1) is 9.60. The Kier molecular flexibility index (Phi) is 4.64. The third-order valence-electron chi connectivity index (χ3n) is 3.05. The molecule has 2 rings (SSSR count). The van der Waals surface area contributed by atoms with E-state index < -0.39 is 12.0 Å². The summed E-state index contributed by atoms with van der Waals surface area (Å²) in [5, 5.41) is 16.5. The highest BCUT2D eigenvalue weighted by atomic mass is 16.5. The van der Waals surface area contributed by atoms with Crippen molar-refractivity contribution < 1.29 is 19.4 Å². The van der Waals surface area contributed by atoms with Crippen molar-refractivity contribution >= 4 is 11.9 Å². The average Bonchev–Trinajstić information content (AvgIpc) is 2.86. The molecule has 1 aliphatic heterocycles. The minimum atomic E-state index is -0.954. The highest BCUT2D eigenvalue weighted by Gasteiger charge is 2.29. The molecule has 9 heteroatoms. The summed E-state index contributed by atoms with van der Waals surface area (Å²) in [4.78, 5) is 24.5. The molecule has 0 aromatic carbocycles. The highest BCUT2D eigenvalue weighted by Crippen LogP contribution is 2.11. The van der Waals surface area contributed by atoms with Gasteiger partial charge in [0.25, 0.3) is 0 Å². The molecular weight excluding hydrogens is 266 g/mol. The van der Waals surface area contributed by atoms with Crippen LogP contribution in [0.4, 0.5) is 0 Å². The van der Waals surface area contributed by atoms with Gasteiger partial charge < -0.3 is 20.5 Å². The third kappa shape index (κ3) is 3.52. The van der Waals surface area contributed by atoms with Crippen LogP contribution in [0.5, 0.6) is 0 Å². The van der Waals surface area contributed by atoms with Crippen LogP contribution in [0, 0.1) is 0 Å². The molecule has 1 aliphatic rings. The molecule has 0 spiro atoms. The largest absolute Gasteiger partial charge is 0.481 e. The Hall–Kier alpha value is -2.00. The number of carbonyl (C=O) groups is 2. The molecule has 1 atom stereocenters. The fourth-order valence-corrected chi connectivity index (χ4v) is 2.09. The van der Waals surface area contributed by atoms with E-state index in [0.29, 0.717) is 18.8 Å². The van der Waals surface area contributed by atoms with Gasteiger partial charge in [-0.25, -0.2) is 4.68 Å². The van der Waals surface area contributed by atoms with Gasteiger partial charge >= 0.3 is 5.97 Å². The number of hydrogen-bond acceptors (Lipinski definition) is 6. The van der Waals surface area contributed by atoms with Gasteiger partial charge in [-0.1, -0.05) is 5.21 Å². The van der Waals surface area contributed by atoms with Crippen LogP contribution in [0.2, 0.25) is 0 Å². The van der Waals surface area contributed by atoms with E-state index in [1.165, 1.54) is 9.58 Å². The lowest BCUT2D eigenvalue weighted by atomic mass is 10.1. The van der Waals surface area contributed by atoms with Crippen LogP contribution < -0.4 is 5.73 Å². The van der Waals surface area contributed by atoms with Gasteiger partial charge in [-0.3, -0.25) is 9.59 Å². The molecule has 110 valence electrons. The molecule has 0 saturated carbocycles. The van der Waals surface area contributed by atoms with Crippen LogP contribution in [-0.4, -0.2) is 62.7 Å². The quantitative estimate of drug-likeness (QED) is 0.669. The topological polar surface area (TPSA) is 124 Å². The number of nitrogens with zero attached hydrogens (tertiary/aromatic N) is 4. The second-order valence-electron chi connectivity index (χ2n) is 4.53. The van der Waals surface area contributed by atoms with E-state index in [9.17, 15) is 9.59 Å². The van der Waals surface area contributed by atoms with Crippen molar-refractivity contribution in [3.05, 3.63) is 11.9 Å². The first kappa shape index (κ1) is 14.4.